The summed E-state index contributed by atoms with van der Waals surface area (Å²) in [4.78, 5) is 12.6. The van der Waals surface area contributed by atoms with Crippen molar-refractivity contribution < 1.29 is 24.1 Å². The van der Waals surface area contributed by atoms with Gasteiger partial charge in [-0.2, -0.15) is 0 Å². The first-order chi connectivity index (χ1) is 10.1. The molecule has 0 heterocycles. The lowest BCUT2D eigenvalue weighted by molar-refractivity contribution is -0.121. The maximum atomic E-state index is 12.6. The molecule has 1 rings (SSSR count). The van der Waals surface area contributed by atoms with Crippen molar-refractivity contribution in [3.63, 3.8) is 0 Å². The van der Waals surface area contributed by atoms with Crippen LogP contribution in [0.1, 0.15) is 41.5 Å². The number of Topliss-reactive ketones (excluding diaryl/α,β-unsaturated/α-hetero) is 1. The second kappa shape index (κ2) is 6.57. The zero-order valence-electron chi connectivity index (χ0n) is 14.4. The number of ketones is 1. The predicted octanol–water partition coefficient (Wildman–Crippen LogP) is 2.86. The highest BCUT2D eigenvalue weighted by molar-refractivity contribution is 6.08. The van der Waals surface area contributed by atoms with Crippen LogP contribution in [0.2, 0.25) is 0 Å². The summed E-state index contributed by atoms with van der Waals surface area (Å²) in [6.45, 7) is 14.4. The number of hydrogen-bond donors (Lipinski definition) is 1. The maximum Gasteiger partial charge on any atom is 0.265 e. The molecule has 0 aromatic heterocycles. The lowest BCUT2D eigenvalue weighted by Crippen LogP contribution is -2.43. The molecule has 5 heteroatoms. The van der Waals surface area contributed by atoms with Crippen molar-refractivity contribution in [2.45, 2.75) is 59.4 Å². The van der Waals surface area contributed by atoms with E-state index in [0.29, 0.717) is 11.1 Å². The Morgan fingerprint density at radius 2 is 1.64 bits per heavy atom. The molecule has 22 heavy (non-hydrogen) atoms. The maximum absolute atomic E-state index is 12.6. The van der Waals surface area contributed by atoms with E-state index < -0.39 is 11.4 Å². The van der Waals surface area contributed by atoms with Crippen LogP contribution in [0.25, 0.3) is 0 Å². The molecule has 0 aliphatic heterocycles. The minimum atomic E-state index is -1.63. The number of methoxy groups -OCH3 is 1. The molecule has 1 aliphatic rings. The first kappa shape index (κ1) is 18.3. The lowest BCUT2D eigenvalue weighted by atomic mass is 9.80. The van der Waals surface area contributed by atoms with Crippen LogP contribution in [-0.4, -0.2) is 35.8 Å². The van der Waals surface area contributed by atoms with Gasteiger partial charge in [-0.05, 0) is 47.1 Å². The Hall–Kier alpha value is -1.75. The number of rotatable bonds is 6. The summed E-state index contributed by atoms with van der Waals surface area (Å²) >= 11 is 0. The van der Waals surface area contributed by atoms with Gasteiger partial charge in [0.1, 0.15) is 0 Å². The van der Waals surface area contributed by atoms with Gasteiger partial charge in [0.15, 0.2) is 17.1 Å². The summed E-state index contributed by atoms with van der Waals surface area (Å²) < 4.78 is 16.6. The van der Waals surface area contributed by atoms with Crippen LogP contribution in [-0.2, 0) is 19.0 Å². The molecule has 0 radical (unpaired) electrons. The Morgan fingerprint density at radius 1 is 1.14 bits per heavy atom. The number of aliphatic hydroxyl groups is 1. The number of hydrogen-bond acceptors (Lipinski definition) is 5. The summed E-state index contributed by atoms with van der Waals surface area (Å²) in [5.41, 5.74) is -0.861. The fourth-order valence-corrected chi connectivity index (χ4v) is 2.35. The van der Waals surface area contributed by atoms with E-state index in [1.165, 1.54) is 7.11 Å². The molecule has 1 atom stereocenters. The Kier molecular flexibility index (Phi) is 5.46. The molecule has 0 amide bonds. The summed E-state index contributed by atoms with van der Waals surface area (Å²) in [5, 5.41) is 11.2. The smallest absolute Gasteiger partial charge is 0.265 e. The monoisotopic (exact) mass is 310 g/mol. The molecule has 0 saturated heterocycles. The normalized spacial score (nSPS) is 22.5. The van der Waals surface area contributed by atoms with Crippen molar-refractivity contribution in [1.82, 2.24) is 0 Å². The molecular weight excluding hydrogens is 284 g/mol. The molecule has 0 aromatic rings. The third-order valence-corrected chi connectivity index (χ3v) is 3.36. The van der Waals surface area contributed by atoms with E-state index in [1.807, 2.05) is 13.8 Å². The molecule has 5 nitrogen and oxygen atoms in total. The molecule has 0 fully saturated rings. The zero-order valence-corrected chi connectivity index (χ0v) is 14.4. The molecule has 124 valence electrons. The van der Waals surface area contributed by atoms with Crippen molar-refractivity contribution in [3.05, 3.63) is 35.0 Å². The van der Waals surface area contributed by atoms with E-state index in [-0.39, 0.29) is 29.5 Å². The SMILES string of the molecule is C=C(C)[C@]1(O)C(C)=C(OC)C(=O)C(OC(C)C)=C1OC(C)C. The lowest BCUT2D eigenvalue weighted by Gasteiger charge is -2.38. The van der Waals surface area contributed by atoms with E-state index in [2.05, 4.69) is 6.58 Å². The van der Waals surface area contributed by atoms with Crippen LogP contribution >= 0.6 is 0 Å². The quantitative estimate of drug-likeness (QED) is 0.764. The third-order valence-electron chi connectivity index (χ3n) is 3.36. The predicted molar refractivity (Wildman–Crippen MR) is 83.9 cm³/mol. The molecule has 0 unspecified atom stereocenters. The van der Waals surface area contributed by atoms with Gasteiger partial charge < -0.3 is 19.3 Å². The summed E-state index contributed by atoms with van der Waals surface area (Å²) in [6.07, 6.45) is -0.494. The molecular formula is C17H26O5. The van der Waals surface area contributed by atoms with Crippen LogP contribution in [0.4, 0.5) is 0 Å². The molecule has 0 bridgehead atoms. The van der Waals surface area contributed by atoms with Gasteiger partial charge in [0.2, 0.25) is 5.76 Å². The van der Waals surface area contributed by atoms with Crippen molar-refractivity contribution in [3.8, 4) is 0 Å². The fourth-order valence-electron chi connectivity index (χ4n) is 2.35. The summed E-state index contributed by atoms with van der Waals surface area (Å²) in [5.74, 6) is -0.337. The van der Waals surface area contributed by atoms with Gasteiger partial charge in [-0.25, -0.2) is 0 Å². The van der Waals surface area contributed by atoms with Gasteiger partial charge in [0.25, 0.3) is 5.78 Å². The number of carbonyl (C=O) groups is 1. The van der Waals surface area contributed by atoms with Crippen LogP contribution < -0.4 is 0 Å². The van der Waals surface area contributed by atoms with Gasteiger partial charge in [-0.15, -0.1) is 0 Å². The molecule has 0 aromatic carbocycles. The highest BCUT2D eigenvalue weighted by Crippen LogP contribution is 2.42. The van der Waals surface area contributed by atoms with E-state index in [0.717, 1.165) is 0 Å². The fraction of sp³-hybridized carbons (Fsp3) is 0.588. The van der Waals surface area contributed by atoms with Crippen LogP contribution in [0.3, 0.4) is 0 Å². The Balaban J connectivity index is 3.65. The molecule has 1 aliphatic carbocycles. The highest BCUT2D eigenvalue weighted by Gasteiger charge is 2.49. The van der Waals surface area contributed by atoms with Gasteiger partial charge in [0.05, 0.1) is 19.3 Å². The van der Waals surface area contributed by atoms with Crippen LogP contribution in [0.5, 0.6) is 0 Å². The largest absolute Gasteiger partial charge is 0.492 e. The van der Waals surface area contributed by atoms with Crippen molar-refractivity contribution in [2.24, 2.45) is 0 Å². The summed E-state index contributed by atoms with van der Waals surface area (Å²) in [7, 11) is 1.39. The van der Waals surface area contributed by atoms with Gasteiger partial charge >= 0.3 is 0 Å². The Morgan fingerprint density at radius 3 is 2.00 bits per heavy atom. The number of carbonyl (C=O) groups excluding carboxylic acids is 1. The second-order valence-electron chi connectivity index (χ2n) is 5.97. The van der Waals surface area contributed by atoms with Gasteiger partial charge in [-0.3, -0.25) is 4.79 Å². The average Bonchev–Trinajstić information content (AvgIpc) is 2.40. The van der Waals surface area contributed by atoms with Crippen molar-refractivity contribution >= 4 is 5.78 Å². The molecule has 0 saturated carbocycles. The zero-order chi connectivity index (χ0) is 17.2. The van der Waals surface area contributed by atoms with Gasteiger partial charge in [-0.1, -0.05) is 6.58 Å². The van der Waals surface area contributed by atoms with E-state index >= 15 is 0 Å². The standard InChI is InChI=1S/C17H26O5/c1-9(2)17(19)12(7)14(20-8)13(18)15(21-10(3)4)16(17)22-11(5)6/h10-11,19H,1H2,2-8H3/t17-/m0/s1. The van der Waals surface area contributed by atoms with Crippen molar-refractivity contribution in [2.75, 3.05) is 7.11 Å². The van der Waals surface area contributed by atoms with E-state index in [4.69, 9.17) is 14.2 Å². The minimum absolute atomic E-state index is 0.0309. The molecule has 0 spiro atoms. The van der Waals surface area contributed by atoms with Gasteiger partial charge in [0, 0.05) is 5.57 Å². The minimum Gasteiger partial charge on any atom is -0.492 e. The molecule has 1 N–H and O–H groups in total. The number of ether oxygens (including phenoxy) is 3. The highest BCUT2D eigenvalue weighted by atomic mass is 16.5. The van der Waals surface area contributed by atoms with E-state index in [1.54, 1.807) is 27.7 Å². The van der Waals surface area contributed by atoms with Crippen LogP contribution in [0, 0.1) is 0 Å². The Bertz CT molecular complexity index is 539. The summed E-state index contributed by atoms with van der Waals surface area (Å²) in [6, 6.07) is 0. The topological polar surface area (TPSA) is 65.0 Å². The first-order valence-corrected chi connectivity index (χ1v) is 7.33. The second-order valence-corrected chi connectivity index (χ2v) is 5.97. The third kappa shape index (κ3) is 3.04. The Labute approximate surface area is 132 Å². The van der Waals surface area contributed by atoms with Crippen molar-refractivity contribution in [1.29, 1.82) is 0 Å². The average molecular weight is 310 g/mol. The van der Waals surface area contributed by atoms with E-state index in [9.17, 15) is 9.90 Å². The first-order valence-electron chi connectivity index (χ1n) is 7.33. The van der Waals surface area contributed by atoms with Crippen LogP contribution in [0.15, 0.2) is 35.0 Å².